The van der Waals surface area contributed by atoms with E-state index < -0.39 is 11.9 Å². The Morgan fingerprint density at radius 3 is 2.57 bits per heavy atom. The zero-order valence-corrected chi connectivity index (χ0v) is 20.0. The van der Waals surface area contributed by atoms with Crippen molar-refractivity contribution < 1.29 is 19.2 Å². The van der Waals surface area contributed by atoms with Gasteiger partial charge in [-0.25, -0.2) is 0 Å². The van der Waals surface area contributed by atoms with Gasteiger partial charge in [0.15, 0.2) is 0 Å². The predicted octanol–water partition coefficient (Wildman–Crippen LogP) is 1.47. The van der Waals surface area contributed by atoms with E-state index in [1.165, 1.54) is 16.8 Å². The predicted molar refractivity (Wildman–Crippen MR) is 131 cm³/mol. The zero-order valence-electron chi connectivity index (χ0n) is 19.2. The minimum Gasteiger partial charge on any atom is -0.361 e. The first-order valence-electron chi connectivity index (χ1n) is 11.2. The Bertz CT molecular complexity index is 1270. The number of nitrogens with zero attached hydrogens (tertiary/aromatic N) is 2. The lowest BCUT2D eigenvalue weighted by Gasteiger charge is -2.31. The molecular weight excluding hydrogens is 470 g/mol. The number of halogens is 1. The number of aromatic amines is 1. The highest BCUT2D eigenvalue weighted by Gasteiger charge is 2.30. The van der Waals surface area contributed by atoms with Crippen LogP contribution < -0.4 is 10.6 Å². The lowest BCUT2D eigenvalue weighted by atomic mass is 10.0. The van der Waals surface area contributed by atoms with E-state index >= 15 is 0 Å². The standard InChI is InChI=1S/C25H26ClN5O4/c1-30-14-24(34)31(15-23(30)33)13-22(32)29-21(10-17-12-27-20-9-5-3-7-18(17)20)25(35)28-11-16-6-2-4-8-19(16)26/h2-9,12,21,27H,10-11,13-15H2,1H3,(H,28,35)(H,29,32). The summed E-state index contributed by atoms with van der Waals surface area (Å²) in [6.45, 7) is -0.359. The van der Waals surface area contributed by atoms with Gasteiger partial charge in [0.25, 0.3) is 0 Å². The molecule has 9 nitrogen and oxygen atoms in total. The average Bonchev–Trinajstić information content (AvgIpc) is 3.24. The Hall–Kier alpha value is -3.85. The van der Waals surface area contributed by atoms with Crippen molar-refractivity contribution in [3.63, 3.8) is 0 Å². The van der Waals surface area contributed by atoms with Crippen LogP contribution in [0.15, 0.2) is 54.7 Å². The van der Waals surface area contributed by atoms with Crippen LogP contribution >= 0.6 is 11.6 Å². The van der Waals surface area contributed by atoms with Crippen molar-refractivity contribution >= 4 is 46.1 Å². The van der Waals surface area contributed by atoms with Crippen molar-refractivity contribution in [2.75, 3.05) is 26.7 Å². The van der Waals surface area contributed by atoms with Gasteiger partial charge in [0, 0.05) is 42.1 Å². The molecule has 1 aromatic heterocycles. The molecule has 2 aromatic carbocycles. The average molecular weight is 496 g/mol. The second-order valence-electron chi connectivity index (χ2n) is 8.49. The zero-order chi connectivity index (χ0) is 24.9. The molecule has 4 rings (SSSR count). The highest BCUT2D eigenvalue weighted by molar-refractivity contribution is 6.31. The van der Waals surface area contributed by atoms with Crippen LogP contribution in [0, 0.1) is 0 Å². The lowest BCUT2D eigenvalue weighted by molar-refractivity contribution is -0.150. The molecule has 1 saturated heterocycles. The molecule has 2 heterocycles. The number of H-pyrrole nitrogens is 1. The summed E-state index contributed by atoms with van der Waals surface area (Å²) >= 11 is 6.20. The van der Waals surface area contributed by atoms with E-state index in [9.17, 15) is 19.2 Å². The van der Waals surface area contributed by atoms with E-state index in [-0.39, 0.29) is 50.3 Å². The third kappa shape index (κ3) is 5.81. The molecule has 10 heteroatoms. The van der Waals surface area contributed by atoms with Gasteiger partial charge in [-0.3, -0.25) is 19.2 Å². The summed E-state index contributed by atoms with van der Waals surface area (Å²) in [7, 11) is 1.54. The number of rotatable bonds is 8. The van der Waals surface area contributed by atoms with Crippen molar-refractivity contribution in [1.82, 2.24) is 25.4 Å². The van der Waals surface area contributed by atoms with E-state index in [1.807, 2.05) is 42.6 Å². The van der Waals surface area contributed by atoms with Crippen LogP contribution in [0.25, 0.3) is 10.9 Å². The van der Waals surface area contributed by atoms with Gasteiger partial charge in [-0.2, -0.15) is 0 Å². The maximum absolute atomic E-state index is 13.2. The number of carbonyl (C=O) groups is 4. The highest BCUT2D eigenvalue weighted by atomic mass is 35.5. The number of fused-ring (bicyclic) bond motifs is 1. The van der Waals surface area contributed by atoms with E-state index in [1.54, 1.807) is 12.1 Å². The molecule has 0 spiro atoms. The van der Waals surface area contributed by atoms with Crippen molar-refractivity contribution in [2.45, 2.75) is 19.0 Å². The molecule has 1 aliphatic rings. The summed E-state index contributed by atoms with van der Waals surface area (Å²) in [5.41, 5.74) is 2.54. The molecule has 1 atom stereocenters. The van der Waals surface area contributed by atoms with Crippen molar-refractivity contribution in [2.24, 2.45) is 0 Å². The van der Waals surface area contributed by atoms with E-state index in [4.69, 9.17) is 11.6 Å². The van der Waals surface area contributed by atoms with Crippen LogP contribution in [0.4, 0.5) is 0 Å². The lowest BCUT2D eigenvalue weighted by Crippen LogP contribution is -2.56. The maximum Gasteiger partial charge on any atom is 0.243 e. The second kappa shape index (κ2) is 10.6. The first-order chi connectivity index (χ1) is 16.8. The summed E-state index contributed by atoms with van der Waals surface area (Å²) in [6, 6.07) is 14.0. The van der Waals surface area contributed by atoms with Crippen molar-refractivity contribution in [1.29, 1.82) is 0 Å². The molecule has 0 bridgehead atoms. The number of likely N-dealkylation sites (N-methyl/N-ethyl adjacent to an activating group) is 1. The number of hydrogen-bond donors (Lipinski definition) is 3. The molecule has 0 radical (unpaired) electrons. The fourth-order valence-corrected chi connectivity index (χ4v) is 4.20. The van der Waals surface area contributed by atoms with Gasteiger partial charge in [-0.1, -0.05) is 48.0 Å². The van der Waals surface area contributed by atoms with Gasteiger partial charge in [0.05, 0.1) is 6.54 Å². The molecule has 3 N–H and O–H groups in total. The monoisotopic (exact) mass is 495 g/mol. The molecule has 182 valence electrons. The molecule has 1 aliphatic heterocycles. The Balaban J connectivity index is 1.48. The number of aromatic nitrogens is 1. The third-order valence-electron chi connectivity index (χ3n) is 5.97. The second-order valence-corrected chi connectivity index (χ2v) is 8.90. The molecule has 3 aromatic rings. The summed E-state index contributed by atoms with van der Waals surface area (Å²) in [4.78, 5) is 55.9. The van der Waals surface area contributed by atoms with Gasteiger partial charge in [-0.15, -0.1) is 0 Å². The summed E-state index contributed by atoms with van der Waals surface area (Å²) in [5, 5.41) is 7.07. The van der Waals surface area contributed by atoms with Crippen LogP contribution in [0.5, 0.6) is 0 Å². The summed E-state index contributed by atoms with van der Waals surface area (Å²) in [6.07, 6.45) is 2.05. The smallest absolute Gasteiger partial charge is 0.243 e. The first-order valence-corrected chi connectivity index (χ1v) is 11.6. The number of carbonyl (C=O) groups excluding carboxylic acids is 4. The fraction of sp³-hybridized carbons (Fsp3) is 0.280. The van der Waals surface area contributed by atoms with E-state index in [2.05, 4.69) is 15.6 Å². The van der Waals surface area contributed by atoms with Crippen LogP contribution in [0.1, 0.15) is 11.1 Å². The highest BCUT2D eigenvalue weighted by Crippen LogP contribution is 2.20. The van der Waals surface area contributed by atoms with Gasteiger partial charge >= 0.3 is 0 Å². The molecule has 1 fully saturated rings. The van der Waals surface area contributed by atoms with Crippen LogP contribution in [0.2, 0.25) is 5.02 Å². The molecule has 0 aliphatic carbocycles. The normalized spacial score (nSPS) is 14.8. The van der Waals surface area contributed by atoms with E-state index in [0.29, 0.717) is 5.02 Å². The minimum atomic E-state index is -0.900. The van der Waals surface area contributed by atoms with Crippen LogP contribution in [-0.2, 0) is 32.1 Å². The van der Waals surface area contributed by atoms with Crippen molar-refractivity contribution in [3.8, 4) is 0 Å². The Kier molecular flexibility index (Phi) is 7.36. The molecular formula is C25H26ClN5O4. The van der Waals surface area contributed by atoms with Gasteiger partial charge in [0.1, 0.15) is 19.1 Å². The quantitative estimate of drug-likeness (QED) is 0.439. The maximum atomic E-state index is 13.2. The Morgan fingerprint density at radius 1 is 1.03 bits per heavy atom. The van der Waals surface area contributed by atoms with Crippen molar-refractivity contribution in [3.05, 3.63) is 70.9 Å². The van der Waals surface area contributed by atoms with Gasteiger partial charge in [0.2, 0.25) is 23.6 Å². The van der Waals surface area contributed by atoms with Gasteiger partial charge < -0.3 is 25.4 Å². The fourth-order valence-electron chi connectivity index (χ4n) is 4.00. The number of benzene rings is 2. The molecule has 0 saturated carbocycles. The Morgan fingerprint density at radius 2 is 1.77 bits per heavy atom. The third-order valence-corrected chi connectivity index (χ3v) is 6.34. The van der Waals surface area contributed by atoms with E-state index in [0.717, 1.165) is 22.0 Å². The van der Waals surface area contributed by atoms with Crippen LogP contribution in [-0.4, -0.2) is 71.1 Å². The molecule has 35 heavy (non-hydrogen) atoms. The number of amides is 4. The summed E-state index contributed by atoms with van der Waals surface area (Å²) in [5.74, 6) is -1.47. The number of hydrogen-bond acceptors (Lipinski definition) is 4. The Labute approximate surface area is 207 Å². The SMILES string of the molecule is CN1CC(=O)N(CC(=O)NC(Cc2c[nH]c3ccccc23)C(=O)NCc2ccccc2Cl)CC1=O. The topological polar surface area (TPSA) is 115 Å². The summed E-state index contributed by atoms with van der Waals surface area (Å²) < 4.78 is 0. The number of nitrogens with one attached hydrogen (secondary N) is 3. The number of para-hydroxylation sites is 1. The molecule has 1 unspecified atom stereocenters. The minimum absolute atomic E-state index is 0.0802. The first kappa shape index (κ1) is 24.3. The van der Waals surface area contributed by atoms with Gasteiger partial charge in [-0.05, 0) is 23.3 Å². The number of piperazine rings is 1. The van der Waals surface area contributed by atoms with Crippen LogP contribution in [0.3, 0.4) is 0 Å². The molecule has 4 amide bonds. The largest absolute Gasteiger partial charge is 0.361 e.